The standard InChI is InChI=1S/C11H5F3N2O/c12-11(13,14)9-4-2-1-3-8(9)10(17)7(5-15)6-16/h1-4,7H. The summed E-state index contributed by atoms with van der Waals surface area (Å²) in [4.78, 5) is 11.5. The van der Waals surface area contributed by atoms with E-state index < -0.39 is 29.0 Å². The van der Waals surface area contributed by atoms with Crippen molar-refractivity contribution in [3.8, 4) is 12.1 Å². The highest BCUT2D eigenvalue weighted by molar-refractivity contribution is 6.02. The molecule has 1 rings (SSSR count). The Kier molecular flexibility index (Phi) is 3.49. The number of ketones is 1. The number of carbonyl (C=O) groups excluding carboxylic acids is 1. The Morgan fingerprint density at radius 1 is 1.18 bits per heavy atom. The van der Waals surface area contributed by atoms with Gasteiger partial charge in [-0.15, -0.1) is 0 Å². The molecule has 0 saturated carbocycles. The molecule has 0 aliphatic carbocycles. The lowest BCUT2D eigenvalue weighted by Gasteiger charge is -2.11. The van der Waals surface area contributed by atoms with E-state index >= 15 is 0 Å². The molecular formula is C11H5F3N2O. The number of Topliss-reactive ketones (excluding diaryl/α,β-unsaturated/α-hetero) is 1. The maximum Gasteiger partial charge on any atom is 0.417 e. The molecule has 0 aliphatic heterocycles. The molecule has 0 fully saturated rings. The van der Waals surface area contributed by atoms with Gasteiger partial charge in [0, 0.05) is 5.56 Å². The number of benzene rings is 1. The second-order valence-corrected chi connectivity index (χ2v) is 3.10. The summed E-state index contributed by atoms with van der Waals surface area (Å²) in [6, 6.07) is 6.76. The van der Waals surface area contributed by atoms with Crippen LogP contribution in [0.15, 0.2) is 24.3 Å². The maximum atomic E-state index is 12.6. The van der Waals surface area contributed by atoms with Crippen molar-refractivity contribution in [2.45, 2.75) is 6.18 Å². The Morgan fingerprint density at radius 2 is 1.71 bits per heavy atom. The molecule has 86 valence electrons. The summed E-state index contributed by atoms with van der Waals surface area (Å²) in [6.07, 6.45) is -4.69. The maximum absolute atomic E-state index is 12.6. The smallest absolute Gasteiger partial charge is 0.291 e. The van der Waals surface area contributed by atoms with Crippen LogP contribution in [-0.2, 0) is 6.18 Å². The summed E-state index contributed by atoms with van der Waals surface area (Å²) in [5.41, 5.74) is -1.80. The van der Waals surface area contributed by atoms with Gasteiger partial charge in [0.05, 0.1) is 17.7 Å². The first-order chi connectivity index (χ1) is 7.91. The lowest BCUT2D eigenvalue weighted by Crippen LogP contribution is -2.17. The van der Waals surface area contributed by atoms with Crippen LogP contribution in [-0.4, -0.2) is 5.78 Å². The summed E-state index contributed by atoms with van der Waals surface area (Å²) < 4.78 is 37.7. The van der Waals surface area contributed by atoms with Crippen LogP contribution in [0.1, 0.15) is 15.9 Å². The number of hydrogen-bond donors (Lipinski definition) is 0. The third-order valence-corrected chi connectivity index (χ3v) is 2.02. The summed E-state index contributed by atoms with van der Waals surface area (Å²) >= 11 is 0. The van der Waals surface area contributed by atoms with Crippen molar-refractivity contribution in [1.29, 1.82) is 10.5 Å². The molecule has 0 spiro atoms. The molecule has 0 heterocycles. The van der Waals surface area contributed by atoms with Crippen molar-refractivity contribution >= 4 is 5.78 Å². The van der Waals surface area contributed by atoms with Crippen molar-refractivity contribution in [2.24, 2.45) is 5.92 Å². The van der Waals surface area contributed by atoms with Crippen molar-refractivity contribution in [3.63, 3.8) is 0 Å². The summed E-state index contributed by atoms with van der Waals surface area (Å²) in [5.74, 6) is -2.86. The van der Waals surface area contributed by atoms with E-state index in [2.05, 4.69) is 0 Å². The normalized spacial score (nSPS) is 10.7. The van der Waals surface area contributed by atoms with E-state index in [-0.39, 0.29) is 0 Å². The summed E-state index contributed by atoms with van der Waals surface area (Å²) in [5, 5.41) is 17.0. The molecule has 0 radical (unpaired) electrons. The lowest BCUT2D eigenvalue weighted by atomic mass is 9.95. The fourth-order valence-corrected chi connectivity index (χ4v) is 1.25. The minimum atomic E-state index is -4.69. The van der Waals surface area contributed by atoms with Crippen LogP contribution in [0, 0.1) is 28.6 Å². The first-order valence-corrected chi connectivity index (χ1v) is 4.41. The van der Waals surface area contributed by atoms with Gasteiger partial charge in [-0.05, 0) is 6.07 Å². The number of nitrogens with zero attached hydrogens (tertiary/aromatic N) is 2. The Balaban J connectivity index is 3.30. The largest absolute Gasteiger partial charge is 0.417 e. The van der Waals surface area contributed by atoms with E-state index in [1.54, 1.807) is 0 Å². The van der Waals surface area contributed by atoms with Crippen LogP contribution in [0.25, 0.3) is 0 Å². The Bertz CT molecular complexity index is 509. The molecule has 0 aliphatic rings. The molecule has 3 nitrogen and oxygen atoms in total. The van der Waals surface area contributed by atoms with Crippen molar-refractivity contribution in [3.05, 3.63) is 35.4 Å². The molecule has 17 heavy (non-hydrogen) atoms. The van der Waals surface area contributed by atoms with Crippen molar-refractivity contribution < 1.29 is 18.0 Å². The average Bonchev–Trinajstić information content (AvgIpc) is 2.29. The lowest BCUT2D eigenvalue weighted by molar-refractivity contribution is -0.137. The fraction of sp³-hybridized carbons (Fsp3) is 0.182. The van der Waals surface area contributed by atoms with E-state index in [1.807, 2.05) is 0 Å². The highest BCUT2D eigenvalue weighted by Gasteiger charge is 2.36. The monoisotopic (exact) mass is 238 g/mol. The van der Waals surface area contributed by atoms with Crippen LogP contribution in [0.3, 0.4) is 0 Å². The second-order valence-electron chi connectivity index (χ2n) is 3.10. The number of nitriles is 2. The van der Waals surface area contributed by atoms with E-state index in [9.17, 15) is 18.0 Å². The molecular weight excluding hydrogens is 233 g/mol. The quantitative estimate of drug-likeness (QED) is 0.743. The molecule has 0 saturated heterocycles. The molecule has 1 aromatic rings. The minimum Gasteiger partial charge on any atom is -0.291 e. The van der Waals surface area contributed by atoms with Crippen LogP contribution in [0.4, 0.5) is 13.2 Å². The van der Waals surface area contributed by atoms with Gasteiger partial charge in [0.15, 0.2) is 11.7 Å². The van der Waals surface area contributed by atoms with Gasteiger partial charge < -0.3 is 0 Å². The number of alkyl halides is 3. The zero-order valence-electron chi connectivity index (χ0n) is 8.32. The van der Waals surface area contributed by atoms with Gasteiger partial charge >= 0.3 is 6.18 Å². The Morgan fingerprint density at radius 3 is 2.18 bits per heavy atom. The van der Waals surface area contributed by atoms with Gasteiger partial charge in [0.1, 0.15) is 0 Å². The minimum absolute atomic E-state index is 0.659. The van der Waals surface area contributed by atoms with E-state index in [0.29, 0.717) is 0 Å². The molecule has 0 atom stereocenters. The average molecular weight is 238 g/mol. The Hall–Kier alpha value is -2.34. The van der Waals surface area contributed by atoms with Crippen LogP contribution in [0.5, 0.6) is 0 Å². The zero-order chi connectivity index (χ0) is 13.1. The first kappa shape index (κ1) is 12.7. The zero-order valence-corrected chi connectivity index (χ0v) is 8.32. The Labute approximate surface area is 94.7 Å². The van der Waals surface area contributed by atoms with Crippen LogP contribution < -0.4 is 0 Å². The van der Waals surface area contributed by atoms with E-state index in [1.165, 1.54) is 18.2 Å². The van der Waals surface area contributed by atoms with E-state index in [4.69, 9.17) is 10.5 Å². The van der Waals surface area contributed by atoms with Gasteiger partial charge in [-0.25, -0.2) is 0 Å². The van der Waals surface area contributed by atoms with Crippen molar-refractivity contribution in [1.82, 2.24) is 0 Å². The number of hydrogen-bond acceptors (Lipinski definition) is 3. The van der Waals surface area contributed by atoms with Gasteiger partial charge in [0.25, 0.3) is 0 Å². The first-order valence-electron chi connectivity index (χ1n) is 4.41. The summed E-state index contributed by atoms with van der Waals surface area (Å²) in [7, 11) is 0. The van der Waals surface area contributed by atoms with Crippen LogP contribution in [0.2, 0.25) is 0 Å². The third-order valence-electron chi connectivity index (χ3n) is 2.02. The molecule has 1 aromatic carbocycles. The SMILES string of the molecule is N#CC(C#N)C(=O)c1ccccc1C(F)(F)F. The van der Waals surface area contributed by atoms with Gasteiger partial charge in [-0.2, -0.15) is 23.7 Å². The number of rotatable bonds is 2. The molecule has 0 unspecified atom stereocenters. The molecule has 0 aromatic heterocycles. The van der Waals surface area contributed by atoms with Crippen LogP contribution >= 0.6 is 0 Å². The van der Waals surface area contributed by atoms with Crippen molar-refractivity contribution in [2.75, 3.05) is 0 Å². The number of halogens is 3. The molecule has 0 N–H and O–H groups in total. The summed E-state index contributed by atoms with van der Waals surface area (Å²) in [6.45, 7) is 0. The highest BCUT2D eigenvalue weighted by atomic mass is 19.4. The predicted molar refractivity (Wildman–Crippen MR) is 50.5 cm³/mol. The van der Waals surface area contributed by atoms with E-state index in [0.717, 1.165) is 18.2 Å². The van der Waals surface area contributed by atoms with Gasteiger partial charge in [-0.1, -0.05) is 18.2 Å². The topological polar surface area (TPSA) is 64.7 Å². The fourth-order valence-electron chi connectivity index (χ4n) is 1.25. The molecule has 6 heteroatoms. The van der Waals surface area contributed by atoms with Gasteiger partial charge in [-0.3, -0.25) is 4.79 Å². The second kappa shape index (κ2) is 4.67. The third kappa shape index (κ3) is 2.61. The predicted octanol–water partition coefficient (Wildman–Crippen LogP) is 2.55. The van der Waals surface area contributed by atoms with Gasteiger partial charge in [0.2, 0.25) is 0 Å². The molecule has 0 bridgehead atoms. The number of carbonyl (C=O) groups is 1. The highest BCUT2D eigenvalue weighted by Crippen LogP contribution is 2.32. The molecule has 0 amide bonds.